The highest BCUT2D eigenvalue weighted by atomic mass is 35.5. The lowest BCUT2D eigenvalue weighted by Crippen LogP contribution is -2.16. The van der Waals surface area contributed by atoms with Gasteiger partial charge >= 0.3 is 0 Å². The van der Waals surface area contributed by atoms with Crippen molar-refractivity contribution in [3.8, 4) is 18.2 Å². The fraction of sp³-hybridized carbons (Fsp3) is 0.267. The number of rotatable bonds is 1. The monoisotopic (exact) mass is 323 g/mol. The molecule has 112 valence electrons. The molecule has 2 aliphatic rings. The number of hydrogen-bond acceptors (Lipinski definition) is 7. The van der Waals surface area contributed by atoms with E-state index in [9.17, 15) is 5.26 Å². The topological polar surface area (TPSA) is 121 Å². The van der Waals surface area contributed by atoms with Gasteiger partial charge in [0.05, 0.1) is 0 Å². The van der Waals surface area contributed by atoms with Crippen molar-refractivity contribution in [1.82, 2.24) is 20.6 Å². The minimum Gasteiger partial charge on any atom is -0.343 e. The average molecular weight is 324 g/mol. The first-order valence-electron chi connectivity index (χ1n) is 6.96. The van der Waals surface area contributed by atoms with Crippen molar-refractivity contribution in [2.75, 3.05) is 0 Å². The Morgan fingerprint density at radius 3 is 2.04 bits per heavy atom. The van der Waals surface area contributed by atoms with Gasteiger partial charge in [0.2, 0.25) is 0 Å². The zero-order valence-corrected chi connectivity index (χ0v) is 12.7. The number of nitrogens with zero attached hydrogens (tertiary/aromatic N) is 5. The van der Waals surface area contributed by atoms with E-state index in [2.05, 4.69) is 20.6 Å². The van der Waals surface area contributed by atoms with Crippen molar-refractivity contribution >= 4 is 17.2 Å². The molecule has 0 bridgehead atoms. The Bertz CT molecular complexity index is 857. The summed E-state index contributed by atoms with van der Waals surface area (Å²) >= 11 is 6.05. The fourth-order valence-electron chi connectivity index (χ4n) is 2.60. The molecule has 3 rings (SSSR count). The molecular weight excluding hydrogens is 314 g/mol. The van der Waals surface area contributed by atoms with Gasteiger partial charge in [0.15, 0.2) is 16.5 Å². The second-order valence-electron chi connectivity index (χ2n) is 5.06. The average Bonchev–Trinajstić information content (AvgIpc) is 3.00. The summed E-state index contributed by atoms with van der Waals surface area (Å²) < 4.78 is 0. The molecule has 1 aliphatic heterocycles. The summed E-state index contributed by atoms with van der Waals surface area (Å²) in [7, 11) is 0. The summed E-state index contributed by atoms with van der Waals surface area (Å²) in [5.41, 5.74) is 2.07. The molecule has 0 amide bonds. The summed E-state index contributed by atoms with van der Waals surface area (Å²) in [6.07, 6.45) is 4.03. The first-order chi connectivity index (χ1) is 11.2. The predicted molar refractivity (Wildman–Crippen MR) is 80.8 cm³/mol. The Kier molecular flexibility index (Phi) is 3.85. The second kappa shape index (κ2) is 5.96. The van der Waals surface area contributed by atoms with Crippen LogP contribution in [0.3, 0.4) is 0 Å². The van der Waals surface area contributed by atoms with Gasteiger partial charge in [0, 0.05) is 11.4 Å². The lowest BCUT2D eigenvalue weighted by Gasteiger charge is -2.11. The van der Waals surface area contributed by atoms with E-state index in [4.69, 9.17) is 22.1 Å². The van der Waals surface area contributed by atoms with Gasteiger partial charge in [0.25, 0.3) is 0 Å². The van der Waals surface area contributed by atoms with E-state index in [1.165, 1.54) is 0 Å². The van der Waals surface area contributed by atoms with Crippen LogP contribution in [0.2, 0.25) is 5.15 Å². The Labute approximate surface area is 137 Å². The highest BCUT2D eigenvalue weighted by molar-refractivity contribution is 6.31. The van der Waals surface area contributed by atoms with E-state index in [0.717, 1.165) is 37.1 Å². The minimum absolute atomic E-state index is 0.0829. The lowest BCUT2D eigenvalue weighted by atomic mass is 10.0. The molecule has 7 nitrogen and oxygen atoms in total. The van der Waals surface area contributed by atoms with Crippen molar-refractivity contribution < 1.29 is 0 Å². The van der Waals surface area contributed by atoms with Crippen LogP contribution in [0, 0.1) is 34.0 Å². The number of nitrogens with one attached hydrogen (secondary N) is 2. The van der Waals surface area contributed by atoms with Gasteiger partial charge in [-0.2, -0.15) is 15.8 Å². The normalized spacial score (nSPS) is 15.7. The molecule has 0 saturated carbocycles. The molecule has 0 saturated heterocycles. The largest absolute Gasteiger partial charge is 0.343 e. The van der Waals surface area contributed by atoms with Crippen LogP contribution in [0.1, 0.15) is 42.8 Å². The van der Waals surface area contributed by atoms with E-state index in [1.54, 1.807) is 12.1 Å². The summed E-state index contributed by atoms with van der Waals surface area (Å²) in [5, 5.41) is 33.8. The predicted octanol–water partition coefficient (Wildman–Crippen LogP) is 2.04. The van der Waals surface area contributed by atoms with Gasteiger partial charge in [0.1, 0.15) is 35.3 Å². The SMILES string of the molecule is N#CC(=C1NC2=C(CCCC2)N1)c1nc(C#N)c(C#N)nc1Cl. The van der Waals surface area contributed by atoms with E-state index in [1.807, 2.05) is 6.07 Å². The van der Waals surface area contributed by atoms with Crippen LogP contribution < -0.4 is 10.6 Å². The van der Waals surface area contributed by atoms with Crippen LogP contribution >= 0.6 is 11.6 Å². The number of allylic oxidation sites excluding steroid dienone is 3. The Morgan fingerprint density at radius 1 is 0.957 bits per heavy atom. The quantitative estimate of drug-likeness (QED) is 0.758. The molecule has 0 radical (unpaired) electrons. The molecule has 1 aromatic rings. The highest BCUT2D eigenvalue weighted by Gasteiger charge is 2.26. The Balaban J connectivity index is 2.07. The van der Waals surface area contributed by atoms with E-state index >= 15 is 0 Å². The second-order valence-corrected chi connectivity index (χ2v) is 5.42. The first kappa shape index (κ1) is 14.8. The Morgan fingerprint density at radius 2 is 1.52 bits per heavy atom. The molecule has 0 unspecified atom stereocenters. The standard InChI is InChI=1S/C15H10ClN7/c16-14-13(20-11(6-18)12(7-19)21-14)8(5-17)15-22-9-3-1-2-4-10(9)23-15/h22-23H,1-4H2. The summed E-state index contributed by atoms with van der Waals surface area (Å²) in [6.45, 7) is 0. The molecule has 23 heavy (non-hydrogen) atoms. The number of nitriles is 3. The van der Waals surface area contributed by atoms with Crippen LogP contribution in [0.25, 0.3) is 5.57 Å². The van der Waals surface area contributed by atoms with E-state index < -0.39 is 0 Å². The summed E-state index contributed by atoms with van der Waals surface area (Å²) in [6, 6.07) is 5.61. The first-order valence-corrected chi connectivity index (χ1v) is 7.34. The van der Waals surface area contributed by atoms with Gasteiger partial charge in [-0.25, -0.2) is 9.97 Å². The molecule has 1 aromatic heterocycles. The molecular formula is C15H10ClN7. The number of halogens is 1. The highest BCUT2D eigenvalue weighted by Crippen LogP contribution is 2.30. The van der Waals surface area contributed by atoms with Crippen molar-refractivity contribution in [2.24, 2.45) is 0 Å². The third kappa shape index (κ3) is 2.57. The van der Waals surface area contributed by atoms with Gasteiger partial charge in [-0.15, -0.1) is 0 Å². The van der Waals surface area contributed by atoms with Crippen molar-refractivity contribution in [2.45, 2.75) is 25.7 Å². The maximum atomic E-state index is 9.51. The zero-order valence-electron chi connectivity index (χ0n) is 11.9. The number of hydrogen-bond donors (Lipinski definition) is 2. The molecule has 0 spiro atoms. The van der Waals surface area contributed by atoms with Crippen molar-refractivity contribution in [3.63, 3.8) is 0 Å². The van der Waals surface area contributed by atoms with Crippen LogP contribution in [-0.2, 0) is 0 Å². The molecule has 0 aromatic carbocycles. The van der Waals surface area contributed by atoms with Crippen molar-refractivity contribution in [1.29, 1.82) is 15.8 Å². The molecule has 2 N–H and O–H groups in total. The van der Waals surface area contributed by atoms with Gasteiger partial charge in [-0.3, -0.25) is 0 Å². The molecule has 2 heterocycles. The third-order valence-corrected chi connectivity index (χ3v) is 3.95. The van der Waals surface area contributed by atoms with Crippen molar-refractivity contribution in [3.05, 3.63) is 39.4 Å². The molecule has 0 atom stereocenters. The molecule has 8 heteroatoms. The summed E-state index contributed by atoms with van der Waals surface area (Å²) in [4.78, 5) is 7.90. The smallest absolute Gasteiger partial charge is 0.178 e. The lowest BCUT2D eigenvalue weighted by molar-refractivity contribution is 0.656. The molecule has 0 fully saturated rings. The van der Waals surface area contributed by atoms with Crippen LogP contribution in [0.15, 0.2) is 17.2 Å². The maximum absolute atomic E-state index is 9.51. The van der Waals surface area contributed by atoms with E-state index in [0.29, 0.717) is 5.82 Å². The van der Waals surface area contributed by atoms with Gasteiger partial charge in [-0.1, -0.05) is 11.6 Å². The Hall–Kier alpha value is -3.08. The third-order valence-electron chi connectivity index (χ3n) is 3.68. The van der Waals surface area contributed by atoms with Crippen LogP contribution in [-0.4, -0.2) is 9.97 Å². The fourth-order valence-corrected chi connectivity index (χ4v) is 2.82. The van der Waals surface area contributed by atoms with Gasteiger partial charge < -0.3 is 10.6 Å². The van der Waals surface area contributed by atoms with Crippen LogP contribution in [0.5, 0.6) is 0 Å². The summed E-state index contributed by atoms with van der Waals surface area (Å²) in [5.74, 6) is 0.490. The zero-order chi connectivity index (χ0) is 16.4. The maximum Gasteiger partial charge on any atom is 0.178 e. The number of aromatic nitrogens is 2. The van der Waals surface area contributed by atoms with E-state index in [-0.39, 0.29) is 27.8 Å². The van der Waals surface area contributed by atoms with Gasteiger partial charge in [-0.05, 0) is 25.7 Å². The van der Waals surface area contributed by atoms with Crippen LogP contribution in [0.4, 0.5) is 0 Å². The minimum atomic E-state index is -0.159. The molecule has 1 aliphatic carbocycles.